The van der Waals surface area contributed by atoms with Gasteiger partial charge in [0, 0.05) is 25.3 Å². The van der Waals surface area contributed by atoms with E-state index >= 15 is 0 Å². The lowest BCUT2D eigenvalue weighted by atomic mass is 10.1. The van der Waals surface area contributed by atoms with Crippen LogP contribution in [0.25, 0.3) is 5.69 Å². The summed E-state index contributed by atoms with van der Waals surface area (Å²) < 4.78 is 61.1. The van der Waals surface area contributed by atoms with Crippen molar-refractivity contribution < 1.29 is 41.8 Å². The Morgan fingerprint density at radius 2 is 1.75 bits per heavy atom. The fourth-order valence-electron chi connectivity index (χ4n) is 5.50. The van der Waals surface area contributed by atoms with Gasteiger partial charge < -0.3 is 24.4 Å². The average molecular weight is 673 g/mol. The van der Waals surface area contributed by atoms with Crippen molar-refractivity contribution in [3.8, 4) is 5.69 Å². The molecule has 15 heteroatoms. The Morgan fingerprint density at radius 1 is 1.00 bits per heavy atom. The maximum absolute atomic E-state index is 14.3. The quantitative estimate of drug-likeness (QED) is 0.183. The molecule has 2 aliphatic rings. The summed E-state index contributed by atoms with van der Waals surface area (Å²) in [6.45, 7) is 6.55. The van der Waals surface area contributed by atoms with Crippen molar-refractivity contribution in [1.29, 1.82) is 0 Å². The molecule has 2 saturated heterocycles. The number of halogens is 3. The molecule has 1 aromatic heterocycles. The summed E-state index contributed by atoms with van der Waals surface area (Å²) in [5.41, 5.74) is -1.11. The Balaban J connectivity index is 1.34. The highest BCUT2D eigenvalue weighted by atomic mass is 19.4. The number of nitrogens with zero attached hydrogens (tertiary/aromatic N) is 4. The Morgan fingerprint density at radius 3 is 2.44 bits per heavy atom. The highest BCUT2D eigenvalue weighted by Gasteiger charge is 2.37. The molecule has 258 valence electrons. The summed E-state index contributed by atoms with van der Waals surface area (Å²) in [4.78, 5) is 40.6. The molecule has 0 spiro atoms. The summed E-state index contributed by atoms with van der Waals surface area (Å²) in [5, 5.41) is 12.9. The van der Waals surface area contributed by atoms with Crippen LogP contribution in [0.2, 0.25) is 0 Å². The van der Waals surface area contributed by atoms with E-state index in [0.29, 0.717) is 31.1 Å². The predicted octanol–water partition coefficient (Wildman–Crippen LogP) is 6.49. The zero-order chi connectivity index (χ0) is 34.5. The minimum absolute atomic E-state index is 0.0958. The molecule has 2 fully saturated rings. The zero-order valence-electron chi connectivity index (χ0n) is 27.1. The van der Waals surface area contributed by atoms with Gasteiger partial charge in [0.2, 0.25) is 5.91 Å². The second kappa shape index (κ2) is 14.7. The van der Waals surface area contributed by atoms with E-state index < -0.39 is 41.5 Å². The van der Waals surface area contributed by atoms with Gasteiger partial charge in [0.05, 0.1) is 53.2 Å². The van der Waals surface area contributed by atoms with Crippen LogP contribution in [0.1, 0.15) is 80.9 Å². The van der Waals surface area contributed by atoms with Crippen LogP contribution in [0.5, 0.6) is 0 Å². The summed E-state index contributed by atoms with van der Waals surface area (Å²) >= 11 is 0. The van der Waals surface area contributed by atoms with Crippen molar-refractivity contribution >= 4 is 34.8 Å². The van der Waals surface area contributed by atoms with Crippen molar-refractivity contribution in [2.75, 3.05) is 35.2 Å². The second-order valence-electron chi connectivity index (χ2n) is 12.7. The van der Waals surface area contributed by atoms with Gasteiger partial charge in [-0.25, -0.2) is 9.48 Å². The highest BCUT2D eigenvalue weighted by molar-refractivity contribution is 6.12. The molecule has 48 heavy (non-hydrogen) atoms. The molecule has 3 aromatic rings. The Hall–Kier alpha value is -4.50. The summed E-state index contributed by atoms with van der Waals surface area (Å²) in [6.07, 6.45) is -0.922. The average Bonchev–Trinajstić information content (AvgIpc) is 3.73. The Kier molecular flexibility index (Phi) is 10.7. The number of benzene rings is 2. The summed E-state index contributed by atoms with van der Waals surface area (Å²) in [7, 11) is 0. The van der Waals surface area contributed by atoms with Crippen LogP contribution in [0.15, 0.2) is 42.6 Å². The normalized spacial score (nSPS) is 16.9. The van der Waals surface area contributed by atoms with Crippen molar-refractivity contribution in [1.82, 2.24) is 15.0 Å². The van der Waals surface area contributed by atoms with Crippen molar-refractivity contribution in [3.63, 3.8) is 0 Å². The number of ether oxygens (including phenoxy) is 3. The van der Waals surface area contributed by atoms with Gasteiger partial charge in [-0.05, 0) is 77.1 Å². The number of carbonyl (C=O) groups is 3. The van der Waals surface area contributed by atoms with E-state index in [9.17, 15) is 27.6 Å². The largest absolute Gasteiger partial charge is 0.444 e. The molecule has 0 saturated carbocycles. The molecule has 12 nitrogen and oxygen atoms in total. The van der Waals surface area contributed by atoms with Gasteiger partial charge in [-0.15, -0.1) is 5.10 Å². The molecule has 0 bridgehead atoms. The lowest BCUT2D eigenvalue weighted by Crippen LogP contribution is -2.28. The number of amides is 2. The van der Waals surface area contributed by atoms with Gasteiger partial charge in [-0.2, -0.15) is 13.2 Å². The van der Waals surface area contributed by atoms with E-state index in [0.717, 1.165) is 38.2 Å². The minimum Gasteiger partial charge on any atom is -0.444 e. The van der Waals surface area contributed by atoms with Crippen LogP contribution in [-0.4, -0.2) is 64.4 Å². The molecule has 1 unspecified atom stereocenters. The van der Waals surface area contributed by atoms with Gasteiger partial charge in [0.1, 0.15) is 5.60 Å². The molecule has 2 amide bonds. The lowest BCUT2D eigenvalue weighted by Gasteiger charge is -2.26. The molecule has 3 heterocycles. The molecule has 2 N–H and O–H groups in total. The van der Waals surface area contributed by atoms with Gasteiger partial charge >= 0.3 is 12.3 Å². The first-order valence-electron chi connectivity index (χ1n) is 15.8. The summed E-state index contributed by atoms with van der Waals surface area (Å²) in [5.74, 6) is -1.46. The number of aromatic nitrogens is 3. The van der Waals surface area contributed by atoms with Gasteiger partial charge in [0.15, 0.2) is 12.1 Å². The molecular weight excluding hydrogens is 633 g/mol. The summed E-state index contributed by atoms with van der Waals surface area (Å²) in [6, 6.07) is 8.33. The monoisotopic (exact) mass is 672 g/mol. The minimum atomic E-state index is -4.76. The first-order valence-corrected chi connectivity index (χ1v) is 15.8. The fraction of sp³-hybridized carbons (Fsp3) is 0.485. The van der Waals surface area contributed by atoms with Gasteiger partial charge in [0.25, 0.3) is 0 Å². The number of alkyl halides is 3. The number of nitrogens with one attached hydrogen (secondary N) is 2. The van der Waals surface area contributed by atoms with E-state index in [-0.39, 0.29) is 35.5 Å². The molecular formula is C33H39F3N6O6. The molecule has 0 aliphatic carbocycles. The van der Waals surface area contributed by atoms with Crippen molar-refractivity contribution in [2.45, 2.75) is 84.0 Å². The maximum atomic E-state index is 14.3. The first kappa shape index (κ1) is 34.8. The van der Waals surface area contributed by atoms with Crippen molar-refractivity contribution in [2.24, 2.45) is 0 Å². The number of hydrogen-bond donors (Lipinski definition) is 2. The van der Waals surface area contributed by atoms with E-state index in [1.54, 1.807) is 37.8 Å². The van der Waals surface area contributed by atoms with Crippen LogP contribution in [0.4, 0.5) is 35.0 Å². The third-order valence-corrected chi connectivity index (χ3v) is 7.71. The number of carbonyl (C=O) groups excluding carboxylic acids is 3. The molecule has 0 radical (unpaired) electrons. The standard InChI is InChI=1S/C33H39F3N6O6/c1-32(2,3)48-31(45)39-26-17-27(41-12-5-6-13-41)24(33(34,35)36)16-25(26)38-29(44)18-28(43)21-9-8-10-22(15-21)42-23(19-37-40-42)20-47-30-11-4-7-14-46-30/h8-10,15-17,19,30H,4-7,11-14,18,20H2,1-3H3,(H,38,44)(H,39,45). The van der Waals surface area contributed by atoms with Crippen LogP contribution in [0, 0.1) is 0 Å². The van der Waals surface area contributed by atoms with Gasteiger partial charge in [-0.1, -0.05) is 17.3 Å². The number of ketones is 1. The van der Waals surface area contributed by atoms with E-state index in [4.69, 9.17) is 14.2 Å². The third kappa shape index (κ3) is 9.10. The second-order valence-corrected chi connectivity index (χ2v) is 12.7. The number of hydrogen-bond acceptors (Lipinski definition) is 9. The van der Waals surface area contributed by atoms with Gasteiger partial charge in [-0.3, -0.25) is 14.9 Å². The topological polar surface area (TPSA) is 137 Å². The van der Waals surface area contributed by atoms with E-state index in [1.165, 1.54) is 29.1 Å². The smallest absolute Gasteiger partial charge is 0.418 e. The molecule has 5 rings (SSSR count). The lowest BCUT2D eigenvalue weighted by molar-refractivity contribution is -0.169. The number of rotatable bonds is 10. The van der Waals surface area contributed by atoms with Crippen LogP contribution in [0.3, 0.4) is 0 Å². The third-order valence-electron chi connectivity index (χ3n) is 7.71. The first-order chi connectivity index (χ1) is 22.8. The number of anilines is 3. The van der Waals surface area contributed by atoms with Crippen LogP contribution < -0.4 is 15.5 Å². The Labute approximate surface area is 275 Å². The fourth-order valence-corrected chi connectivity index (χ4v) is 5.50. The SMILES string of the molecule is CC(C)(C)OC(=O)Nc1cc(N2CCCC2)c(C(F)(F)F)cc1NC(=O)CC(=O)c1cccc(-n2nncc2COC2CCCCO2)c1. The van der Waals surface area contributed by atoms with E-state index in [1.807, 2.05) is 0 Å². The molecule has 2 aliphatic heterocycles. The maximum Gasteiger partial charge on any atom is 0.418 e. The van der Waals surface area contributed by atoms with Crippen molar-refractivity contribution in [3.05, 3.63) is 59.4 Å². The van der Waals surface area contributed by atoms with Crippen LogP contribution in [-0.2, 0) is 31.8 Å². The Bertz CT molecular complexity index is 1620. The predicted molar refractivity (Wildman–Crippen MR) is 170 cm³/mol. The highest BCUT2D eigenvalue weighted by Crippen LogP contribution is 2.42. The zero-order valence-corrected chi connectivity index (χ0v) is 27.1. The molecule has 2 aromatic carbocycles. The molecule has 1 atom stereocenters. The van der Waals surface area contributed by atoms with Crippen LogP contribution >= 0.6 is 0 Å². The van der Waals surface area contributed by atoms with E-state index in [2.05, 4.69) is 20.9 Å². The number of Topliss-reactive ketones (excluding diaryl/α,β-unsaturated/α-hetero) is 1.